The second kappa shape index (κ2) is 3.93. The van der Waals surface area contributed by atoms with E-state index in [-0.39, 0.29) is 0 Å². The Morgan fingerprint density at radius 3 is 2.89 bits per heavy atom. The predicted octanol–water partition coefficient (Wildman–Crippen LogP) is 2.88. The molecule has 0 unspecified atom stereocenters. The number of thiazole rings is 1. The highest BCUT2D eigenvalue weighted by Gasteiger charge is 2.08. The van der Waals surface area contributed by atoms with Crippen molar-refractivity contribution in [2.75, 3.05) is 0 Å². The van der Waals surface area contributed by atoms with E-state index in [4.69, 9.17) is 5.26 Å². The van der Waals surface area contributed by atoms with Crippen molar-refractivity contribution in [3.05, 3.63) is 34.4 Å². The van der Waals surface area contributed by atoms with Crippen molar-refractivity contribution in [2.45, 2.75) is 6.92 Å². The van der Waals surface area contributed by atoms with Crippen molar-refractivity contribution in [1.82, 2.24) is 14.5 Å². The van der Waals surface area contributed by atoms with Crippen LogP contribution in [0.15, 0.2) is 23.6 Å². The van der Waals surface area contributed by atoms with Crippen LogP contribution in [0.2, 0.25) is 0 Å². The molecule has 0 bridgehead atoms. The molecule has 0 aliphatic carbocycles. The quantitative estimate of drug-likeness (QED) is 0.671. The minimum atomic E-state index is 0.488. The summed E-state index contributed by atoms with van der Waals surface area (Å²) in [5.41, 5.74) is 3.89. The summed E-state index contributed by atoms with van der Waals surface area (Å²) in [6, 6.07) is 8.12. The van der Waals surface area contributed by atoms with E-state index >= 15 is 0 Å². The molecule has 0 amide bonds. The van der Waals surface area contributed by atoms with Crippen LogP contribution in [-0.4, -0.2) is 14.5 Å². The Kier molecular flexibility index (Phi) is 2.39. The van der Waals surface area contributed by atoms with Gasteiger partial charge in [0, 0.05) is 18.0 Å². The van der Waals surface area contributed by atoms with Crippen molar-refractivity contribution in [3.63, 3.8) is 0 Å². The monoisotopic (exact) mass is 254 g/mol. The number of hydrogen-bond donors (Lipinski definition) is 0. The summed E-state index contributed by atoms with van der Waals surface area (Å²) in [7, 11) is 2.00. The van der Waals surface area contributed by atoms with Gasteiger partial charge in [-0.3, -0.25) is 0 Å². The third-order valence-electron chi connectivity index (χ3n) is 3.00. The van der Waals surface area contributed by atoms with Gasteiger partial charge >= 0.3 is 0 Å². The molecule has 88 valence electrons. The highest BCUT2D eigenvalue weighted by atomic mass is 32.1. The Labute approximate surface area is 108 Å². The van der Waals surface area contributed by atoms with Crippen LogP contribution in [0.1, 0.15) is 10.8 Å². The molecule has 0 fully saturated rings. The highest BCUT2D eigenvalue weighted by molar-refractivity contribution is 7.10. The van der Waals surface area contributed by atoms with Crippen LogP contribution in [0, 0.1) is 18.3 Å². The van der Waals surface area contributed by atoms with Gasteiger partial charge in [-0.1, -0.05) is 6.07 Å². The molecule has 0 aliphatic rings. The van der Waals surface area contributed by atoms with Crippen molar-refractivity contribution in [2.24, 2.45) is 7.05 Å². The van der Waals surface area contributed by atoms with Crippen molar-refractivity contribution >= 4 is 22.4 Å². The fourth-order valence-corrected chi connectivity index (χ4v) is 2.55. The third kappa shape index (κ3) is 1.59. The number of nitriles is 1. The minimum Gasteiger partial charge on any atom is -0.331 e. The SMILES string of the molecule is Cc1nc2cc(-c3csc(C#N)n3)ccc2n1C. The number of aryl methyl sites for hydroxylation is 2. The third-order valence-corrected chi connectivity index (χ3v) is 3.75. The maximum atomic E-state index is 8.79. The number of fused-ring (bicyclic) bond motifs is 1. The lowest BCUT2D eigenvalue weighted by Crippen LogP contribution is -1.89. The zero-order valence-electron chi connectivity index (χ0n) is 10.0. The van der Waals surface area contributed by atoms with Crippen molar-refractivity contribution in [3.8, 4) is 17.3 Å². The molecule has 4 nitrogen and oxygen atoms in total. The zero-order valence-corrected chi connectivity index (χ0v) is 10.8. The molecule has 0 atom stereocenters. The fraction of sp³-hybridized carbons (Fsp3) is 0.154. The van der Waals surface area contributed by atoms with E-state index in [9.17, 15) is 0 Å². The summed E-state index contributed by atoms with van der Waals surface area (Å²) in [5, 5.41) is 11.2. The van der Waals surface area contributed by atoms with Gasteiger partial charge < -0.3 is 4.57 Å². The number of nitrogens with zero attached hydrogens (tertiary/aromatic N) is 4. The first kappa shape index (κ1) is 10.9. The first-order valence-corrected chi connectivity index (χ1v) is 6.36. The standard InChI is InChI=1S/C13H10N4S/c1-8-15-10-5-9(3-4-12(10)17(8)2)11-7-18-13(6-14)16-11/h3-5,7H,1-2H3. The van der Waals surface area contributed by atoms with Crippen LogP contribution in [0.25, 0.3) is 22.3 Å². The molecule has 0 N–H and O–H groups in total. The maximum Gasteiger partial charge on any atom is 0.194 e. The van der Waals surface area contributed by atoms with Gasteiger partial charge in [-0.25, -0.2) is 9.97 Å². The lowest BCUT2D eigenvalue weighted by atomic mass is 10.1. The number of imidazole rings is 1. The predicted molar refractivity (Wildman–Crippen MR) is 71.3 cm³/mol. The lowest BCUT2D eigenvalue weighted by Gasteiger charge is -1.98. The first-order chi connectivity index (χ1) is 8.69. The topological polar surface area (TPSA) is 54.5 Å². The molecule has 3 aromatic rings. The molecule has 0 spiro atoms. The molecule has 0 aliphatic heterocycles. The summed E-state index contributed by atoms with van der Waals surface area (Å²) >= 11 is 1.36. The van der Waals surface area contributed by atoms with Crippen LogP contribution >= 0.6 is 11.3 Å². The van der Waals surface area contributed by atoms with Crippen molar-refractivity contribution < 1.29 is 0 Å². The molecular weight excluding hydrogens is 244 g/mol. The lowest BCUT2D eigenvalue weighted by molar-refractivity contribution is 0.886. The molecule has 1 aromatic carbocycles. The molecule has 18 heavy (non-hydrogen) atoms. The summed E-state index contributed by atoms with van der Waals surface area (Å²) in [6.07, 6.45) is 0. The van der Waals surface area contributed by atoms with Crippen LogP contribution in [-0.2, 0) is 7.05 Å². The highest BCUT2D eigenvalue weighted by Crippen LogP contribution is 2.25. The summed E-state index contributed by atoms with van der Waals surface area (Å²) in [5.74, 6) is 0.984. The Morgan fingerprint density at radius 2 is 2.17 bits per heavy atom. The molecule has 2 heterocycles. The maximum absolute atomic E-state index is 8.79. The zero-order chi connectivity index (χ0) is 12.7. The number of hydrogen-bond acceptors (Lipinski definition) is 4. The summed E-state index contributed by atoms with van der Waals surface area (Å²) in [4.78, 5) is 8.76. The number of benzene rings is 1. The largest absolute Gasteiger partial charge is 0.331 e. The van der Waals surface area contributed by atoms with Gasteiger partial charge in [-0.05, 0) is 19.1 Å². The summed E-state index contributed by atoms with van der Waals surface area (Å²) < 4.78 is 2.06. The normalized spacial score (nSPS) is 10.7. The van der Waals surface area contributed by atoms with Crippen LogP contribution in [0.4, 0.5) is 0 Å². The van der Waals surface area contributed by atoms with Gasteiger partial charge in [0.15, 0.2) is 5.01 Å². The van der Waals surface area contributed by atoms with E-state index in [0.717, 1.165) is 28.1 Å². The Bertz CT molecular complexity index is 776. The fourth-order valence-electron chi connectivity index (χ4n) is 1.94. The summed E-state index contributed by atoms with van der Waals surface area (Å²) in [6.45, 7) is 1.98. The van der Waals surface area contributed by atoms with Crippen LogP contribution in [0.5, 0.6) is 0 Å². The second-order valence-corrected chi connectivity index (χ2v) is 4.93. The van der Waals surface area contributed by atoms with Gasteiger partial charge in [0.2, 0.25) is 0 Å². The van der Waals surface area contributed by atoms with Crippen LogP contribution in [0.3, 0.4) is 0 Å². The molecule has 0 saturated carbocycles. The Morgan fingerprint density at radius 1 is 1.33 bits per heavy atom. The van der Waals surface area contributed by atoms with E-state index in [1.807, 2.05) is 37.6 Å². The van der Waals surface area contributed by atoms with Gasteiger partial charge in [-0.2, -0.15) is 5.26 Å². The van der Waals surface area contributed by atoms with E-state index < -0.39 is 0 Å². The van der Waals surface area contributed by atoms with Crippen molar-refractivity contribution in [1.29, 1.82) is 5.26 Å². The Hall–Kier alpha value is -2.19. The van der Waals surface area contributed by atoms with E-state index in [2.05, 4.69) is 20.6 Å². The number of rotatable bonds is 1. The number of aromatic nitrogens is 3. The second-order valence-electron chi connectivity index (χ2n) is 4.07. The van der Waals surface area contributed by atoms with E-state index in [1.165, 1.54) is 11.3 Å². The van der Waals surface area contributed by atoms with E-state index in [1.54, 1.807) is 0 Å². The van der Waals surface area contributed by atoms with Gasteiger partial charge in [0.05, 0.1) is 16.7 Å². The molecule has 2 aromatic heterocycles. The minimum absolute atomic E-state index is 0.488. The van der Waals surface area contributed by atoms with Gasteiger partial charge in [0.1, 0.15) is 11.9 Å². The van der Waals surface area contributed by atoms with Crippen LogP contribution < -0.4 is 0 Å². The molecule has 5 heteroatoms. The molecule has 0 radical (unpaired) electrons. The first-order valence-electron chi connectivity index (χ1n) is 5.48. The Balaban J connectivity index is 2.16. The average molecular weight is 254 g/mol. The molecular formula is C13H10N4S. The average Bonchev–Trinajstić information content (AvgIpc) is 2.95. The van der Waals surface area contributed by atoms with E-state index in [0.29, 0.717) is 5.01 Å². The van der Waals surface area contributed by atoms with Gasteiger partial charge in [0.25, 0.3) is 0 Å². The smallest absolute Gasteiger partial charge is 0.194 e. The van der Waals surface area contributed by atoms with Gasteiger partial charge in [-0.15, -0.1) is 11.3 Å². The molecule has 0 saturated heterocycles. The molecule has 3 rings (SSSR count).